The highest BCUT2D eigenvalue weighted by molar-refractivity contribution is 7.99. The van der Waals surface area contributed by atoms with E-state index in [-0.39, 0.29) is 11.3 Å². The Hall–Kier alpha value is -0.970. The van der Waals surface area contributed by atoms with Crippen molar-refractivity contribution in [1.29, 1.82) is 5.41 Å². The van der Waals surface area contributed by atoms with Gasteiger partial charge in [0.05, 0.1) is 5.84 Å². The molecule has 0 aliphatic carbocycles. The normalized spacial score (nSPS) is 11.7. The van der Waals surface area contributed by atoms with Gasteiger partial charge in [0, 0.05) is 30.6 Å². The van der Waals surface area contributed by atoms with Crippen molar-refractivity contribution in [3.05, 3.63) is 12.4 Å². The number of aryl methyl sites for hydroxylation is 1. The highest BCUT2D eigenvalue weighted by Gasteiger charge is 2.21. The highest BCUT2D eigenvalue weighted by atomic mass is 32.2. The van der Waals surface area contributed by atoms with Crippen LogP contribution in [0.3, 0.4) is 0 Å². The van der Waals surface area contributed by atoms with Crippen molar-refractivity contribution in [3.8, 4) is 0 Å². The number of rotatable bonds is 5. The van der Waals surface area contributed by atoms with Gasteiger partial charge in [-0.1, -0.05) is 25.6 Å². The smallest absolute Gasteiger partial charge is 0.167 e. The monoisotopic (exact) mass is 226 g/mol. The van der Waals surface area contributed by atoms with Crippen LogP contribution >= 0.6 is 11.8 Å². The second-order valence-corrected chi connectivity index (χ2v) is 5.28. The van der Waals surface area contributed by atoms with Gasteiger partial charge in [-0.3, -0.25) is 5.41 Å². The third-order valence-electron chi connectivity index (χ3n) is 2.46. The molecule has 0 amide bonds. The standard InChI is InChI=1S/C10H18N4S/c1-10(2,8(11)12)4-7-15-9-13-5-6-14(9)3/h5-6H,4,7H2,1-3H3,(H3,11,12). The van der Waals surface area contributed by atoms with Gasteiger partial charge in [-0.25, -0.2) is 4.98 Å². The molecule has 84 valence electrons. The molecule has 15 heavy (non-hydrogen) atoms. The van der Waals surface area contributed by atoms with Crippen LogP contribution in [0.5, 0.6) is 0 Å². The molecule has 0 saturated heterocycles. The fourth-order valence-electron chi connectivity index (χ4n) is 1.02. The second-order valence-electron chi connectivity index (χ2n) is 4.22. The maximum absolute atomic E-state index is 7.44. The largest absolute Gasteiger partial charge is 0.387 e. The van der Waals surface area contributed by atoms with Crippen LogP contribution in [0.25, 0.3) is 0 Å². The molecule has 0 radical (unpaired) electrons. The Morgan fingerprint density at radius 3 is 2.80 bits per heavy atom. The van der Waals surface area contributed by atoms with Crippen LogP contribution in [0.2, 0.25) is 0 Å². The first-order valence-electron chi connectivity index (χ1n) is 4.88. The molecule has 0 bridgehead atoms. The summed E-state index contributed by atoms with van der Waals surface area (Å²) in [5.41, 5.74) is 5.30. The summed E-state index contributed by atoms with van der Waals surface area (Å²) in [5, 5.41) is 8.45. The molecule has 0 aliphatic rings. The van der Waals surface area contributed by atoms with Crippen LogP contribution in [0.4, 0.5) is 0 Å². The molecule has 0 saturated carbocycles. The Kier molecular flexibility index (Phi) is 3.79. The van der Waals surface area contributed by atoms with Crippen molar-refractivity contribution >= 4 is 17.6 Å². The molecule has 1 aromatic heterocycles. The summed E-state index contributed by atoms with van der Waals surface area (Å²) in [5.74, 6) is 1.18. The molecule has 0 atom stereocenters. The minimum absolute atomic E-state index is 0.210. The first kappa shape index (κ1) is 12.1. The zero-order chi connectivity index (χ0) is 11.5. The van der Waals surface area contributed by atoms with E-state index < -0.39 is 0 Å². The van der Waals surface area contributed by atoms with Gasteiger partial charge in [-0.2, -0.15) is 0 Å². The van der Waals surface area contributed by atoms with Crippen molar-refractivity contribution in [1.82, 2.24) is 9.55 Å². The maximum Gasteiger partial charge on any atom is 0.167 e. The van der Waals surface area contributed by atoms with Crippen molar-refractivity contribution in [2.45, 2.75) is 25.4 Å². The number of hydrogen-bond donors (Lipinski definition) is 2. The van der Waals surface area contributed by atoms with Crippen LogP contribution in [0.1, 0.15) is 20.3 Å². The van der Waals surface area contributed by atoms with Crippen LogP contribution in [-0.4, -0.2) is 21.1 Å². The van der Waals surface area contributed by atoms with E-state index in [4.69, 9.17) is 11.1 Å². The fraction of sp³-hybridized carbons (Fsp3) is 0.600. The van der Waals surface area contributed by atoms with Gasteiger partial charge in [0.25, 0.3) is 0 Å². The predicted octanol–water partition coefficient (Wildman–Crippen LogP) is 1.86. The van der Waals surface area contributed by atoms with Crippen LogP contribution in [0, 0.1) is 10.8 Å². The van der Waals surface area contributed by atoms with Crippen molar-refractivity contribution in [3.63, 3.8) is 0 Å². The summed E-state index contributed by atoms with van der Waals surface area (Å²) in [7, 11) is 1.98. The third-order valence-corrected chi connectivity index (χ3v) is 3.52. The number of aromatic nitrogens is 2. The minimum Gasteiger partial charge on any atom is -0.387 e. The molecule has 5 heteroatoms. The second kappa shape index (κ2) is 4.70. The third kappa shape index (κ3) is 3.27. The molecule has 4 nitrogen and oxygen atoms in total. The molecule has 1 aromatic rings. The van der Waals surface area contributed by atoms with E-state index in [9.17, 15) is 0 Å². The highest BCUT2D eigenvalue weighted by Crippen LogP contribution is 2.25. The summed E-state index contributed by atoms with van der Waals surface area (Å²) < 4.78 is 1.99. The summed E-state index contributed by atoms with van der Waals surface area (Å²) in [4.78, 5) is 4.22. The van der Waals surface area contributed by atoms with Crippen LogP contribution in [-0.2, 0) is 7.05 Å². The van der Waals surface area contributed by atoms with Crippen molar-refractivity contribution in [2.75, 3.05) is 5.75 Å². The van der Waals surface area contributed by atoms with Gasteiger partial charge < -0.3 is 10.3 Å². The zero-order valence-electron chi connectivity index (χ0n) is 9.45. The molecule has 0 spiro atoms. The van der Waals surface area contributed by atoms with Gasteiger partial charge >= 0.3 is 0 Å². The lowest BCUT2D eigenvalue weighted by Gasteiger charge is -2.22. The number of nitrogens with one attached hydrogen (secondary N) is 1. The van der Waals surface area contributed by atoms with Gasteiger partial charge in [0.1, 0.15) is 0 Å². The summed E-state index contributed by atoms with van der Waals surface area (Å²) >= 11 is 1.70. The Labute approximate surface area is 94.8 Å². The molecule has 0 fully saturated rings. The number of imidazole rings is 1. The van der Waals surface area contributed by atoms with Gasteiger partial charge in [0.15, 0.2) is 5.16 Å². The average Bonchev–Trinajstić information content (AvgIpc) is 2.51. The van der Waals surface area contributed by atoms with E-state index in [0.717, 1.165) is 17.3 Å². The molecule has 0 unspecified atom stereocenters. The SMILES string of the molecule is Cn1ccnc1SCCC(C)(C)C(=N)N. The molecular weight excluding hydrogens is 208 g/mol. The summed E-state index contributed by atoms with van der Waals surface area (Å²) in [6.45, 7) is 3.99. The fourth-order valence-corrected chi connectivity index (χ4v) is 2.22. The van der Waals surface area contributed by atoms with E-state index >= 15 is 0 Å². The summed E-state index contributed by atoms with van der Waals surface area (Å²) in [6.07, 6.45) is 4.61. The topological polar surface area (TPSA) is 67.7 Å². The first-order valence-corrected chi connectivity index (χ1v) is 5.86. The lowest BCUT2D eigenvalue weighted by atomic mass is 9.89. The molecule has 0 aromatic carbocycles. The molecule has 3 N–H and O–H groups in total. The Bertz CT molecular complexity index is 343. The molecule has 1 rings (SSSR count). The van der Waals surface area contributed by atoms with E-state index in [2.05, 4.69) is 4.98 Å². The van der Waals surface area contributed by atoms with Gasteiger partial charge in [-0.15, -0.1) is 0 Å². The molecular formula is C10H18N4S. The van der Waals surface area contributed by atoms with E-state index in [1.165, 1.54) is 0 Å². The van der Waals surface area contributed by atoms with E-state index in [1.807, 2.05) is 31.7 Å². The maximum atomic E-state index is 7.44. The number of thioether (sulfide) groups is 1. The van der Waals surface area contributed by atoms with Gasteiger partial charge in [-0.05, 0) is 6.42 Å². The Morgan fingerprint density at radius 2 is 2.33 bits per heavy atom. The van der Waals surface area contributed by atoms with E-state index in [0.29, 0.717) is 0 Å². The minimum atomic E-state index is -0.210. The number of hydrogen-bond acceptors (Lipinski definition) is 3. The lowest BCUT2D eigenvalue weighted by Crippen LogP contribution is -2.31. The number of nitrogens with two attached hydrogens (primary N) is 1. The summed E-state index contributed by atoms with van der Waals surface area (Å²) in [6, 6.07) is 0. The number of amidine groups is 1. The van der Waals surface area contributed by atoms with Gasteiger partial charge in [0.2, 0.25) is 0 Å². The zero-order valence-corrected chi connectivity index (χ0v) is 10.3. The lowest BCUT2D eigenvalue weighted by molar-refractivity contribution is 0.499. The molecule has 0 aliphatic heterocycles. The average molecular weight is 226 g/mol. The number of nitrogens with zero attached hydrogens (tertiary/aromatic N) is 2. The van der Waals surface area contributed by atoms with Crippen molar-refractivity contribution < 1.29 is 0 Å². The Balaban J connectivity index is 2.40. The van der Waals surface area contributed by atoms with E-state index in [1.54, 1.807) is 18.0 Å². The van der Waals surface area contributed by atoms with Crippen molar-refractivity contribution in [2.24, 2.45) is 18.2 Å². The Morgan fingerprint density at radius 1 is 1.67 bits per heavy atom. The molecule has 1 heterocycles. The predicted molar refractivity (Wildman–Crippen MR) is 64.2 cm³/mol. The quantitative estimate of drug-likeness (QED) is 0.457. The van der Waals surface area contributed by atoms with Crippen LogP contribution in [0.15, 0.2) is 17.6 Å². The van der Waals surface area contributed by atoms with Crippen LogP contribution < -0.4 is 5.73 Å². The first-order chi connectivity index (χ1) is 6.93.